The highest BCUT2D eigenvalue weighted by molar-refractivity contribution is 7.96. The lowest BCUT2D eigenvalue weighted by Gasteiger charge is -2.11. The molecule has 0 aliphatic rings. The SMILES string of the molecule is CCOc1ccc(C)c(C(S)=C(S)c2cccs2)c1. The van der Waals surface area contributed by atoms with Crippen LogP contribution < -0.4 is 4.74 Å². The number of hydrogen-bond acceptors (Lipinski definition) is 4. The van der Waals surface area contributed by atoms with E-state index in [1.807, 2.05) is 42.6 Å². The molecule has 2 aromatic rings. The minimum atomic E-state index is 0.660. The van der Waals surface area contributed by atoms with Gasteiger partial charge in [-0.05, 0) is 48.6 Å². The Morgan fingerprint density at radius 2 is 2.00 bits per heavy atom. The number of hydrogen-bond donors (Lipinski definition) is 2. The van der Waals surface area contributed by atoms with E-state index in [-0.39, 0.29) is 0 Å². The van der Waals surface area contributed by atoms with Crippen LogP contribution in [-0.2, 0) is 0 Å². The van der Waals surface area contributed by atoms with Crippen molar-refractivity contribution >= 4 is 46.4 Å². The van der Waals surface area contributed by atoms with Crippen LogP contribution in [0.5, 0.6) is 5.75 Å². The number of aryl methyl sites for hydroxylation is 1. The van der Waals surface area contributed by atoms with Gasteiger partial charge in [-0.25, -0.2) is 0 Å². The van der Waals surface area contributed by atoms with Crippen LogP contribution in [0.3, 0.4) is 0 Å². The van der Waals surface area contributed by atoms with Crippen LogP contribution in [0.4, 0.5) is 0 Å². The molecule has 100 valence electrons. The third-order valence-corrected chi connectivity index (χ3v) is 4.90. The molecule has 0 atom stereocenters. The van der Waals surface area contributed by atoms with Gasteiger partial charge in [-0.2, -0.15) is 0 Å². The van der Waals surface area contributed by atoms with Gasteiger partial charge in [-0.15, -0.1) is 36.6 Å². The molecule has 1 aromatic heterocycles. The lowest BCUT2D eigenvalue weighted by atomic mass is 10.1. The number of benzene rings is 1. The molecule has 0 amide bonds. The van der Waals surface area contributed by atoms with Gasteiger partial charge in [-0.3, -0.25) is 0 Å². The minimum Gasteiger partial charge on any atom is -0.494 e. The maximum absolute atomic E-state index is 5.54. The van der Waals surface area contributed by atoms with Crippen molar-refractivity contribution in [2.75, 3.05) is 6.61 Å². The molecule has 0 aliphatic heterocycles. The van der Waals surface area contributed by atoms with E-state index in [0.717, 1.165) is 31.6 Å². The fourth-order valence-corrected chi connectivity index (χ4v) is 3.23. The summed E-state index contributed by atoms with van der Waals surface area (Å²) in [5, 5.41) is 2.04. The quantitative estimate of drug-likeness (QED) is 0.744. The zero-order chi connectivity index (χ0) is 13.8. The Labute approximate surface area is 129 Å². The Balaban J connectivity index is 2.45. The molecule has 0 bridgehead atoms. The first kappa shape index (κ1) is 14.6. The summed E-state index contributed by atoms with van der Waals surface area (Å²) < 4.78 is 5.54. The minimum absolute atomic E-state index is 0.660. The Kier molecular flexibility index (Phi) is 5.02. The Hall–Kier alpha value is -0.840. The summed E-state index contributed by atoms with van der Waals surface area (Å²) in [5.74, 6) is 0.863. The van der Waals surface area contributed by atoms with Gasteiger partial charge in [0.1, 0.15) is 5.75 Å². The maximum atomic E-state index is 5.54. The molecule has 1 nitrogen and oxygen atoms in total. The average molecular weight is 308 g/mol. The van der Waals surface area contributed by atoms with E-state index in [4.69, 9.17) is 4.74 Å². The summed E-state index contributed by atoms with van der Waals surface area (Å²) >= 11 is 10.9. The molecule has 4 heteroatoms. The number of thiol groups is 2. The van der Waals surface area contributed by atoms with Gasteiger partial charge in [-0.1, -0.05) is 12.1 Å². The van der Waals surface area contributed by atoms with Crippen LogP contribution in [0, 0.1) is 6.92 Å². The van der Waals surface area contributed by atoms with Crippen LogP contribution in [-0.4, -0.2) is 6.61 Å². The second-order valence-corrected chi connectivity index (χ2v) is 5.93. The summed E-state index contributed by atoms with van der Waals surface area (Å²) in [7, 11) is 0. The van der Waals surface area contributed by atoms with E-state index >= 15 is 0 Å². The highest BCUT2D eigenvalue weighted by Crippen LogP contribution is 2.36. The predicted molar refractivity (Wildman–Crippen MR) is 91.5 cm³/mol. The normalized spacial score (nSPS) is 12.2. The van der Waals surface area contributed by atoms with Gasteiger partial charge in [0.25, 0.3) is 0 Å². The molecule has 0 radical (unpaired) electrons. The van der Waals surface area contributed by atoms with E-state index in [0.29, 0.717) is 6.61 Å². The largest absolute Gasteiger partial charge is 0.494 e. The molecule has 19 heavy (non-hydrogen) atoms. The molecule has 0 aliphatic carbocycles. The fourth-order valence-electron chi connectivity index (χ4n) is 1.77. The van der Waals surface area contributed by atoms with E-state index in [1.54, 1.807) is 11.3 Å². The van der Waals surface area contributed by atoms with Crippen molar-refractivity contribution in [3.63, 3.8) is 0 Å². The summed E-state index contributed by atoms with van der Waals surface area (Å²) in [4.78, 5) is 2.90. The number of rotatable bonds is 4. The molecule has 2 rings (SSSR count). The van der Waals surface area contributed by atoms with Gasteiger partial charge < -0.3 is 4.74 Å². The zero-order valence-corrected chi connectivity index (χ0v) is 13.5. The Morgan fingerprint density at radius 1 is 1.21 bits per heavy atom. The van der Waals surface area contributed by atoms with Crippen molar-refractivity contribution < 1.29 is 4.74 Å². The van der Waals surface area contributed by atoms with Crippen LogP contribution in [0.15, 0.2) is 35.7 Å². The lowest BCUT2D eigenvalue weighted by molar-refractivity contribution is 0.340. The first-order valence-electron chi connectivity index (χ1n) is 6.03. The summed E-state index contributed by atoms with van der Waals surface area (Å²) in [6.45, 7) is 4.70. The molecular weight excluding hydrogens is 292 g/mol. The van der Waals surface area contributed by atoms with Gasteiger partial charge in [0.05, 0.1) is 6.61 Å². The molecule has 0 spiro atoms. The molecule has 1 aromatic carbocycles. The zero-order valence-electron chi connectivity index (χ0n) is 10.9. The second-order valence-electron chi connectivity index (χ2n) is 4.08. The lowest BCUT2D eigenvalue weighted by Crippen LogP contribution is -1.93. The van der Waals surface area contributed by atoms with Crippen molar-refractivity contribution in [2.45, 2.75) is 13.8 Å². The van der Waals surface area contributed by atoms with Crippen molar-refractivity contribution in [3.8, 4) is 5.75 Å². The Bertz CT molecular complexity index is 585. The standard InChI is InChI=1S/C15H16OS3/c1-3-16-11-7-6-10(2)12(9-11)14(17)15(18)13-5-4-8-19-13/h4-9,17-18H,3H2,1-2H3. The molecule has 0 unspecified atom stereocenters. The first-order chi connectivity index (χ1) is 9.13. The highest BCUT2D eigenvalue weighted by Gasteiger charge is 2.09. The van der Waals surface area contributed by atoms with Crippen LogP contribution >= 0.6 is 36.6 Å². The number of ether oxygens (including phenoxy) is 1. The van der Waals surface area contributed by atoms with Crippen LogP contribution in [0.25, 0.3) is 9.81 Å². The van der Waals surface area contributed by atoms with E-state index in [1.165, 1.54) is 0 Å². The average Bonchev–Trinajstić information content (AvgIpc) is 2.93. The first-order valence-corrected chi connectivity index (χ1v) is 7.80. The molecule has 0 N–H and O–H groups in total. The highest BCUT2D eigenvalue weighted by atomic mass is 32.1. The summed E-state index contributed by atoms with van der Waals surface area (Å²) in [6.07, 6.45) is 0. The van der Waals surface area contributed by atoms with Crippen molar-refractivity contribution in [3.05, 3.63) is 51.7 Å². The molecular formula is C15H16OS3. The van der Waals surface area contributed by atoms with Crippen molar-refractivity contribution in [2.24, 2.45) is 0 Å². The topological polar surface area (TPSA) is 9.23 Å². The Morgan fingerprint density at radius 3 is 2.63 bits per heavy atom. The van der Waals surface area contributed by atoms with Crippen LogP contribution in [0.2, 0.25) is 0 Å². The van der Waals surface area contributed by atoms with Crippen molar-refractivity contribution in [1.29, 1.82) is 0 Å². The molecule has 0 saturated heterocycles. The molecule has 0 saturated carbocycles. The second kappa shape index (κ2) is 6.55. The molecule has 0 fully saturated rings. The summed E-state index contributed by atoms with van der Waals surface area (Å²) in [6, 6.07) is 10.1. The third kappa shape index (κ3) is 3.38. The number of thiophene rings is 1. The van der Waals surface area contributed by atoms with Crippen LogP contribution in [0.1, 0.15) is 22.9 Å². The van der Waals surface area contributed by atoms with Gasteiger partial charge in [0.2, 0.25) is 0 Å². The fraction of sp³-hybridized carbons (Fsp3) is 0.200. The monoisotopic (exact) mass is 308 g/mol. The smallest absolute Gasteiger partial charge is 0.119 e. The van der Waals surface area contributed by atoms with E-state index in [9.17, 15) is 0 Å². The van der Waals surface area contributed by atoms with E-state index < -0.39 is 0 Å². The third-order valence-electron chi connectivity index (χ3n) is 2.75. The van der Waals surface area contributed by atoms with Gasteiger partial charge in [0.15, 0.2) is 0 Å². The van der Waals surface area contributed by atoms with Crippen molar-refractivity contribution in [1.82, 2.24) is 0 Å². The summed E-state index contributed by atoms with van der Waals surface area (Å²) in [5.41, 5.74) is 2.23. The maximum Gasteiger partial charge on any atom is 0.119 e. The molecule has 1 heterocycles. The van der Waals surface area contributed by atoms with E-state index in [2.05, 4.69) is 32.2 Å². The van der Waals surface area contributed by atoms with Gasteiger partial charge in [0, 0.05) is 14.7 Å². The predicted octanol–water partition coefficient (Wildman–Crippen LogP) is 5.14. The van der Waals surface area contributed by atoms with Gasteiger partial charge >= 0.3 is 0 Å².